The molecule has 1 aliphatic rings. The zero-order chi connectivity index (χ0) is 18.7. The lowest BCUT2D eigenvalue weighted by atomic mass is 9.95. The van der Waals surface area contributed by atoms with Crippen LogP contribution in [0.25, 0.3) is 0 Å². The molecule has 0 saturated carbocycles. The van der Waals surface area contributed by atoms with Crippen LogP contribution in [-0.4, -0.2) is 31.3 Å². The van der Waals surface area contributed by atoms with Crippen molar-refractivity contribution in [2.24, 2.45) is 0 Å². The Morgan fingerprint density at radius 2 is 1.81 bits per heavy atom. The molecular formula is C18H22N4O3S. The van der Waals surface area contributed by atoms with Gasteiger partial charge >= 0.3 is 0 Å². The van der Waals surface area contributed by atoms with Crippen molar-refractivity contribution in [2.45, 2.75) is 44.0 Å². The van der Waals surface area contributed by atoms with Crippen molar-refractivity contribution in [3.8, 4) is 0 Å². The van der Waals surface area contributed by atoms with Crippen LogP contribution < -0.4 is 10.0 Å². The van der Waals surface area contributed by atoms with Crippen LogP contribution in [0.15, 0.2) is 29.2 Å². The van der Waals surface area contributed by atoms with Crippen molar-refractivity contribution in [1.29, 1.82) is 0 Å². The highest BCUT2D eigenvalue weighted by Gasteiger charge is 2.18. The predicted octanol–water partition coefficient (Wildman–Crippen LogP) is 1.50. The van der Waals surface area contributed by atoms with Crippen molar-refractivity contribution < 1.29 is 13.2 Å². The molecule has 1 aromatic carbocycles. The van der Waals surface area contributed by atoms with E-state index in [0.717, 1.165) is 37.1 Å². The molecular weight excluding hydrogens is 352 g/mol. The van der Waals surface area contributed by atoms with Crippen LogP contribution in [0, 0.1) is 6.92 Å². The summed E-state index contributed by atoms with van der Waals surface area (Å²) in [5.41, 5.74) is 3.57. The van der Waals surface area contributed by atoms with Gasteiger partial charge in [0.15, 0.2) is 0 Å². The third-order valence-corrected chi connectivity index (χ3v) is 5.93. The van der Waals surface area contributed by atoms with Crippen LogP contribution in [0.2, 0.25) is 0 Å². The van der Waals surface area contributed by atoms with Gasteiger partial charge < -0.3 is 5.32 Å². The highest BCUT2D eigenvalue weighted by Crippen LogP contribution is 2.21. The Bertz CT molecular complexity index is 924. The fraction of sp³-hybridized carbons (Fsp3) is 0.389. The van der Waals surface area contributed by atoms with Gasteiger partial charge in [0, 0.05) is 24.0 Å². The third-order valence-electron chi connectivity index (χ3n) is 4.51. The van der Waals surface area contributed by atoms with E-state index in [0.29, 0.717) is 11.4 Å². The van der Waals surface area contributed by atoms with Gasteiger partial charge in [0.1, 0.15) is 5.82 Å². The predicted molar refractivity (Wildman–Crippen MR) is 97.3 cm³/mol. The number of aryl methyl sites for hydroxylation is 2. The average molecular weight is 374 g/mol. The van der Waals surface area contributed by atoms with E-state index in [2.05, 4.69) is 20.0 Å². The first-order valence-corrected chi connectivity index (χ1v) is 10.1. The molecule has 138 valence electrons. The highest BCUT2D eigenvalue weighted by molar-refractivity contribution is 7.89. The van der Waals surface area contributed by atoms with Gasteiger partial charge in [0.05, 0.1) is 11.4 Å². The number of hydrogen-bond donors (Lipinski definition) is 2. The minimum atomic E-state index is -3.70. The molecule has 0 saturated heterocycles. The van der Waals surface area contributed by atoms with Crippen molar-refractivity contribution >= 4 is 15.9 Å². The number of fused-ring (bicyclic) bond motifs is 1. The molecule has 2 N–H and O–H groups in total. The summed E-state index contributed by atoms with van der Waals surface area (Å²) in [6.07, 6.45) is 4.16. The number of nitrogens with zero attached hydrogens (tertiary/aromatic N) is 2. The van der Waals surface area contributed by atoms with Gasteiger partial charge in [0.2, 0.25) is 10.0 Å². The van der Waals surface area contributed by atoms with Gasteiger partial charge in [-0.05, 0) is 62.4 Å². The molecule has 7 nitrogen and oxygen atoms in total. The quantitative estimate of drug-likeness (QED) is 0.826. The number of carbonyl (C=O) groups excluding carboxylic acids is 1. The van der Waals surface area contributed by atoms with E-state index < -0.39 is 10.0 Å². The first-order chi connectivity index (χ1) is 12.4. The van der Waals surface area contributed by atoms with Crippen LogP contribution in [0.5, 0.6) is 0 Å². The second-order valence-electron chi connectivity index (χ2n) is 6.29. The van der Waals surface area contributed by atoms with Crippen molar-refractivity contribution in [3.05, 3.63) is 52.6 Å². The lowest BCUT2D eigenvalue weighted by Crippen LogP contribution is -2.25. The minimum absolute atomic E-state index is 0.0354. The topological polar surface area (TPSA) is 101 Å². The Hall–Kier alpha value is -2.32. The number of rotatable bonds is 5. The summed E-state index contributed by atoms with van der Waals surface area (Å²) in [6.45, 7) is 1.98. The SMILES string of the molecule is CNC(=O)c1ccc(S(=O)(=O)NCc2nc(C)c3c(n2)CCCC3)cc1. The number of aromatic nitrogens is 2. The average Bonchev–Trinajstić information content (AvgIpc) is 2.66. The fourth-order valence-electron chi connectivity index (χ4n) is 3.10. The number of benzene rings is 1. The molecule has 3 rings (SSSR count). The zero-order valence-corrected chi connectivity index (χ0v) is 15.7. The monoisotopic (exact) mass is 374 g/mol. The highest BCUT2D eigenvalue weighted by atomic mass is 32.2. The van der Waals surface area contributed by atoms with E-state index >= 15 is 0 Å². The maximum atomic E-state index is 12.5. The first-order valence-electron chi connectivity index (χ1n) is 8.58. The molecule has 0 fully saturated rings. The van der Waals surface area contributed by atoms with Crippen molar-refractivity contribution in [3.63, 3.8) is 0 Å². The maximum Gasteiger partial charge on any atom is 0.251 e. The molecule has 2 aromatic rings. The number of sulfonamides is 1. The van der Waals surface area contributed by atoms with Gasteiger partial charge in [-0.2, -0.15) is 0 Å². The van der Waals surface area contributed by atoms with E-state index in [1.54, 1.807) is 0 Å². The summed E-state index contributed by atoms with van der Waals surface area (Å²) < 4.78 is 27.5. The van der Waals surface area contributed by atoms with Crippen LogP contribution >= 0.6 is 0 Å². The molecule has 1 heterocycles. The lowest BCUT2D eigenvalue weighted by Gasteiger charge is -2.17. The molecule has 1 amide bonds. The smallest absolute Gasteiger partial charge is 0.251 e. The maximum absolute atomic E-state index is 12.5. The summed E-state index contributed by atoms with van der Waals surface area (Å²) in [6, 6.07) is 5.78. The summed E-state index contributed by atoms with van der Waals surface area (Å²) in [5.74, 6) is 0.216. The normalized spacial score (nSPS) is 13.9. The van der Waals surface area contributed by atoms with Gasteiger partial charge in [-0.25, -0.2) is 23.1 Å². The molecule has 8 heteroatoms. The van der Waals surface area contributed by atoms with E-state index in [-0.39, 0.29) is 17.3 Å². The number of nitrogens with one attached hydrogen (secondary N) is 2. The number of amides is 1. The molecule has 0 aliphatic heterocycles. The summed E-state index contributed by atoms with van der Waals surface area (Å²) in [5, 5.41) is 2.50. The van der Waals surface area contributed by atoms with Crippen molar-refractivity contribution in [1.82, 2.24) is 20.0 Å². The Labute approximate surface area is 153 Å². The van der Waals surface area contributed by atoms with Gasteiger partial charge in [-0.1, -0.05) is 0 Å². The second-order valence-corrected chi connectivity index (χ2v) is 8.05. The van der Waals surface area contributed by atoms with Crippen LogP contribution in [-0.2, 0) is 29.4 Å². The fourth-order valence-corrected chi connectivity index (χ4v) is 4.08. The second kappa shape index (κ2) is 7.51. The van der Waals surface area contributed by atoms with Gasteiger partial charge in [0.25, 0.3) is 5.91 Å². The Morgan fingerprint density at radius 3 is 2.50 bits per heavy atom. The molecule has 0 unspecified atom stereocenters. The third kappa shape index (κ3) is 3.91. The largest absolute Gasteiger partial charge is 0.355 e. The van der Waals surface area contributed by atoms with Crippen molar-refractivity contribution in [2.75, 3.05) is 7.05 Å². The van der Waals surface area contributed by atoms with E-state index in [9.17, 15) is 13.2 Å². The molecule has 0 radical (unpaired) electrons. The Morgan fingerprint density at radius 1 is 1.12 bits per heavy atom. The van der Waals surface area contributed by atoms with E-state index in [1.165, 1.54) is 36.9 Å². The van der Waals surface area contributed by atoms with Crippen LogP contribution in [0.4, 0.5) is 0 Å². The van der Waals surface area contributed by atoms with Crippen LogP contribution in [0.1, 0.15) is 46.0 Å². The van der Waals surface area contributed by atoms with Gasteiger partial charge in [-0.15, -0.1) is 0 Å². The lowest BCUT2D eigenvalue weighted by molar-refractivity contribution is 0.0963. The van der Waals surface area contributed by atoms with Crippen LogP contribution in [0.3, 0.4) is 0 Å². The molecule has 0 bridgehead atoms. The molecule has 1 aromatic heterocycles. The minimum Gasteiger partial charge on any atom is -0.355 e. The van der Waals surface area contributed by atoms with E-state index in [1.807, 2.05) is 6.92 Å². The molecule has 1 aliphatic carbocycles. The zero-order valence-electron chi connectivity index (χ0n) is 14.9. The molecule has 26 heavy (non-hydrogen) atoms. The summed E-state index contributed by atoms with van der Waals surface area (Å²) in [4.78, 5) is 20.6. The standard InChI is InChI=1S/C18H22N4O3S/c1-12-15-5-3-4-6-16(15)22-17(21-12)11-20-26(24,25)14-9-7-13(8-10-14)18(23)19-2/h7-10,20H,3-6,11H2,1-2H3,(H,19,23). The van der Waals surface area contributed by atoms with Gasteiger partial charge in [-0.3, -0.25) is 4.79 Å². The molecule has 0 atom stereocenters. The molecule has 0 spiro atoms. The summed E-state index contributed by atoms with van der Waals surface area (Å²) in [7, 11) is -2.18. The number of hydrogen-bond acceptors (Lipinski definition) is 5. The summed E-state index contributed by atoms with van der Waals surface area (Å²) >= 11 is 0. The first kappa shape index (κ1) is 18.5. The number of carbonyl (C=O) groups is 1. The Kier molecular flexibility index (Phi) is 5.33. The van der Waals surface area contributed by atoms with E-state index in [4.69, 9.17) is 0 Å². The Balaban J connectivity index is 1.74.